The zero-order chi connectivity index (χ0) is 14.1. The van der Waals surface area contributed by atoms with Gasteiger partial charge in [-0.25, -0.2) is 15.0 Å². The molecule has 2 aromatic rings. The maximum atomic E-state index is 12.0. The molecule has 1 unspecified atom stereocenters. The predicted octanol–water partition coefficient (Wildman–Crippen LogP) is 1.01. The van der Waals surface area contributed by atoms with E-state index in [9.17, 15) is 4.79 Å². The molecule has 0 saturated carbocycles. The number of carbonyl (C=O) groups is 1. The highest BCUT2D eigenvalue weighted by atomic mass is 16.2. The topological polar surface area (TPSA) is 89.9 Å². The number of imidazole rings is 1. The number of hydrogen-bond acceptors (Lipinski definition) is 5. The van der Waals surface area contributed by atoms with Gasteiger partial charge in [0.25, 0.3) is 0 Å². The van der Waals surface area contributed by atoms with E-state index >= 15 is 0 Å². The summed E-state index contributed by atoms with van der Waals surface area (Å²) >= 11 is 0. The van der Waals surface area contributed by atoms with Gasteiger partial charge >= 0.3 is 0 Å². The number of nitrogens with two attached hydrogens (primary N) is 1. The summed E-state index contributed by atoms with van der Waals surface area (Å²) in [5, 5.41) is 0. The number of likely N-dealkylation sites (tertiary alicyclic amines) is 1. The number of aromatic nitrogens is 4. The van der Waals surface area contributed by atoms with Crippen LogP contribution in [0.2, 0.25) is 0 Å². The number of carbonyl (C=O) groups excluding carboxylic acids is 1. The normalized spacial score (nSPS) is 19.1. The summed E-state index contributed by atoms with van der Waals surface area (Å²) < 4.78 is 1.85. The molecule has 20 heavy (non-hydrogen) atoms. The second-order valence-electron chi connectivity index (χ2n) is 5.26. The molecule has 7 nitrogen and oxygen atoms in total. The zero-order valence-electron chi connectivity index (χ0n) is 11.5. The molecule has 1 fully saturated rings. The lowest BCUT2D eigenvalue weighted by atomic mass is 10.0. The van der Waals surface area contributed by atoms with E-state index < -0.39 is 0 Å². The molecular formula is C13H18N6O. The van der Waals surface area contributed by atoms with Crippen molar-refractivity contribution in [2.24, 2.45) is 5.92 Å². The van der Waals surface area contributed by atoms with Crippen LogP contribution in [0, 0.1) is 5.92 Å². The molecule has 0 aliphatic carbocycles. The van der Waals surface area contributed by atoms with E-state index in [0.29, 0.717) is 36.0 Å². The molecule has 7 heteroatoms. The largest absolute Gasteiger partial charge is 0.382 e. The SMILES string of the molecule is CCCC1CC(=O)N(Cn2cnc3c(N)ncnc32)C1. The number of amides is 1. The minimum Gasteiger partial charge on any atom is -0.382 e. The lowest BCUT2D eigenvalue weighted by Crippen LogP contribution is -2.27. The van der Waals surface area contributed by atoms with Crippen LogP contribution in [0.5, 0.6) is 0 Å². The van der Waals surface area contributed by atoms with Crippen LogP contribution in [-0.4, -0.2) is 36.9 Å². The summed E-state index contributed by atoms with van der Waals surface area (Å²) in [4.78, 5) is 26.2. The first-order valence-corrected chi connectivity index (χ1v) is 6.88. The van der Waals surface area contributed by atoms with E-state index in [4.69, 9.17) is 5.73 Å². The highest BCUT2D eigenvalue weighted by Crippen LogP contribution is 2.23. The van der Waals surface area contributed by atoms with E-state index in [-0.39, 0.29) is 5.91 Å². The van der Waals surface area contributed by atoms with E-state index in [1.54, 1.807) is 6.33 Å². The highest BCUT2D eigenvalue weighted by Gasteiger charge is 2.29. The Kier molecular flexibility index (Phi) is 3.25. The maximum Gasteiger partial charge on any atom is 0.224 e. The summed E-state index contributed by atoms with van der Waals surface area (Å²) in [5.41, 5.74) is 7.02. The first-order chi connectivity index (χ1) is 9.69. The van der Waals surface area contributed by atoms with E-state index in [1.165, 1.54) is 6.33 Å². The van der Waals surface area contributed by atoms with Crippen molar-refractivity contribution in [3.63, 3.8) is 0 Å². The van der Waals surface area contributed by atoms with Crippen LogP contribution in [0.15, 0.2) is 12.7 Å². The molecule has 1 atom stereocenters. The molecule has 0 aromatic carbocycles. The molecule has 0 radical (unpaired) electrons. The Balaban J connectivity index is 1.80. The van der Waals surface area contributed by atoms with Gasteiger partial charge in [0.1, 0.15) is 18.5 Å². The van der Waals surface area contributed by atoms with Gasteiger partial charge in [0, 0.05) is 13.0 Å². The number of rotatable bonds is 4. The van der Waals surface area contributed by atoms with Crippen molar-refractivity contribution in [1.29, 1.82) is 0 Å². The van der Waals surface area contributed by atoms with Crippen LogP contribution >= 0.6 is 0 Å². The van der Waals surface area contributed by atoms with Crippen molar-refractivity contribution in [3.05, 3.63) is 12.7 Å². The van der Waals surface area contributed by atoms with Crippen LogP contribution < -0.4 is 5.73 Å². The Hall–Kier alpha value is -2.18. The first kappa shape index (κ1) is 12.8. The summed E-state index contributed by atoms with van der Waals surface area (Å²) in [6, 6.07) is 0. The van der Waals surface area contributed by atoms with Crippen LogP contribution in [0.3, 0.4) is 0 Å². The molecule has 3 rings (SSSR count). The summed E-state index contributed by atoms with van der Waals surface area (Å²) in [6.45, 7) is 3.44. The Labute approximate surface area is 116 Å². The molecule has 106 valence electrons. The Morgan fingerprint density at radius 3 is 3.05 bits per heavy atom. The third-order valence-corrected chi connectivity index (χ3v) is 3.74. The molecular weight excluding hydrogens is 256 g/mol. The molecule has 2 aromatic heterocycles. The van der Waals surface area contributed by atoms with Gasteiger partial charge in [-0.3, -0.25) is 9.36 Å². The lowest BCUT2D eigenvalue weighted by Gasteiger charge is -2.17. The van der Waals surface area contributed by atoms with Crippen LogP contribution in [-0.2, 0) is 11.5 Å². The van der Waals surface area contributed by atoms with Crippen LogP contribution in [0.25, 0.3) is 11.2 Å². The minimum absolute atomic E-state index is 0.201. The molecule has 1 aliphatic heterocycles. The van der Waals surface area contributed by atoms with Crippen molar-refractivity contribution in [2.75, 3.05) is 12.3 Å². The van der Waals surface area contributed by atoms with E-state index in [2.05, 4.69) is 21.9 Å². The van der Waals surface area contributed by atoms with Crippen molar-refractivity contribution in [1.82, 2.24) is 24.4 Å². The van der Waals surface area contributed by atoms with Crippen molar-refractivity contribution < 1.29 is 4.79 Å². The average molecular weight is 274 g/mol. The number of nitrogen functional groups attached to an aromatic ring is 1. The lowest BCUT2D eigenvalue weighted by molar-refractivity contribution is -0.129. The summed E-state index contributed by atoms with van der Waals surface area (Å²) in [6.07, 6.45) is 5.95. The maximum absolute atomic E-state index is 12.0. The van der Waals surface area contributed by atoms with Gasteiger partial charge < -0.3 is 10.6 Å². The van der Waals surface area contributed by atoms with Gasteiger partial charge in [0.2, 0.25) is 5.91 Å². The molecule has 0 spiro atoms. The highest BCUT2D eigenvalue weighted by molar-refractivity contribution is 5.81. The molecule has 1 aliphatic rings. The number of anilines is 1. The second-order valence-corrected chi connectivity index (χ2v) is 5.26. The Bertz CT molecular complexity index is 637. The third kappa shape index (κ3) is 2.19. The molecule has 3 heterocycles. The molecule has 0 bridgehead atoms. The van der Waals surface area contributed by atoms with E-state index in [0.717, 1.165) is 19.4 Å². The molecule has 1 saturated heterocycles. The summed E-state index contributed by atoms with van der Waals surface area (Å²) in [5.74, 6) is 1.04. The second kappa shape index (κ2) is 5.07. The average Bonchev–Trinajstić information content (AvgIpc) is 2.97. The van der Waals surface area contributed by atoms with Crippen LogP contribution in [0.1, 0.15) is 26.2 Å². The zero-order valence-corrected chi connectivity index (χ0v) is 11.5. The van der Waals surface area contributed by atoms with Gasteiger partial charge in [-0.05, 0) is 12.3 Å². The van der Waals surface area contributed by atoms with E-state index in [1.807, 2.05) is 9.47 Å². The van der Waals surface area contributed by atoms with Gasteiger partial charge in [0.15, 0.2) is 11.5 Å². The molecule has 2 N–H and O–H groups in total. The fourth-order valence-electron chi connectivity index (χ4n) is 2.78. The van der Waals surface area contributed by atoms with Gasteiger partial charge in [0.05, 0.1) is 6.33 Å². The summed E-state index contributed by atoms with van der Waals surface area (Å²) in [7, 11) is 0. The minimum atomic E-state index is 0.201. The smallest absolute Gasteiger partial charge is 0.224 e. The number of nitrogens with zero attached hydrogens (tertiary/aromatic N) is 5. The van der Waals surface area contributed by atoms with Crippen molar-refractivity contribution in [3.8, 4) is 0 Å². The predicted molar refractivity (Wildman–Crippen MR) is 74.5 cm³/mol. The van der Waals surface area contributed by atoms with Gasteiger partial charge in [-0.15, -0.1) is 0 Å². The van der Waals surface area contributed by atoms with Gasteiger partial charge in [-0.1, -0.05) is 13.3 Å². The Morgan fingerprint density at radius 1 is 1.40 bits per heavy atom. The fraction of sp³-hybridized carbons (Fsp3) is 0.538. The monoisotopic (exact) mass is 274 g/mol. The van der Waals surface area contributed by atoms with Crippen molar-refractivity contribution >= 4 is 22.9 Å². The third-order valence-electron chi connectivity index (χ3n) is 3.74. The fourth-order valence-corrected chi connectivity index (χ4v) is 2.78. The van der Waals surface area contributed by atoms with Gasteiger partial charge in [-0.2, -0.15) is 0 Å². The van der Waals surface area contributed by atoms with Crippen molar-refractivity contribution in [2.45, 2.75) is 32.9 Å². The number of hydrogen-bond donors (Lipinski definition) is 1. The first-order valence-electron chi connectivity index (χ1n) is 6.88. The molecule has 1 amide bonds. The standard InChI is InChI=1S/C13H18N6O/c1-2-3-9-4-10(20)18(5-9)8-19-7-17-11-12(14)15-6-16-13(11)19/h6-7,9H,2-5,8H2,1H3,(H2,14,15,16). The number of fused-ring (bicyclic) bond motifs is 1. The Morgan fingerprint density at radius 2 is 2.25 bits per heavy atom. The quantitative estimate of drug-likeness (QED) is 0.898. The van der Waals surface area contributed by atoms with Crippen LogP contribution in [0.4, 0.5) is 5.82 Å².